The Balaban J connectivity index is 2.17. The van der Waals surface area contributed by atoms with E-state index in [1.54, 1.807) is 10.6 Å². The second kappa shape index (κ2) is 4.33. The summed E-state index contributed by atoms with van der Waals surface area (Å²) in [5.41, 5.74) is 2.11. The summed E-state index contributed by atoms with van der Waals surface area (Å²) in [6.45, 7) is 8.36. The zero-order chi connectivity index (χ0) is 14.5. The quantitative estimate of drug-likeness (QED) is 0.844. The number of nitrogens with zero attached hydrogens (tertiary/aromatic N) is 2. The number of ether oxygens (including phenoxy) is 1. The van der Waals surface area contributed by atoms with Gasteiger partial charge in [0.2, 0.25) is 5.88 Å². The van der Waals surface area contributed by atoms with Gasteiger partial charge < -0.3 is 4.74 Å². The van der Waals surface area contributed by atoms with Crippen LogP contribution in [-0.2, 0) is 6.42 Å². The van der Waals surface area contributed by atoms with E-state index in [1.807, 2.05) is 19.1 Å². The van der Waals surface area contributed by atoms with Crippen molar-refractivity contribution in [1.29, 1.82) is 0 Å². The van der Waals surface area contributed by atoms with Crippen molar-refractivity contribution in [2.45, 2.75) is 46.1 Å². The highest BCUT2D eigenvalue weighted by Gasteiger charge is 2.41. The third-order valence-corrected chi connectivity index (χ3v) is 4.55. The number of aromatic nitrogens is 2. The highest BCUT2D eigenvalue weighted by molar-refractivity contribution is 5.46. The number of pyridine rings is 1. The summed E-state index contributed by atoms with van der Waals surface area (Å²) in [6, 6.07) is 3.83. The molecule has 0 aliphatic carbocycles. The Bertz CT molecular complexity index is 735. The van der Waals surface area contributed by atoms with Crippen molar-refractivity contribution in [3.05, 3.63) is 39.8 Å². The molecule has 0 fully saturated rings. The van der Waals surface area contributed by atoms with Gasteiger partial charge in [0.1, 0.15) is 11.2 Å². The first-order chi connectivity index (χ1) is 9.44. The average Bonchev–Trinajstić information content (AvgIpc) is 2.76. The van der Waals surface area contributed by atoms with E-state index in [0.717, 1.165) is 12.0 Å². The van der Waals surface area contributed by atoms with Gasteiger partial charge in [-0.2, -0.15) is 4.98 Å². The van der Waals surface area contributed by atoms with Crippen LogP contribution >= 0.6 is 0 Å². The molecule has 3 heterocycles. The lowest BCUT2D eigenvalue weighted by molar-refractivity contribution is 0.0508. The largest absolute Gasteiger partial charge is 0.470 e. The Morgan fingerprint density at radius 3 is 3.00 bits per heavy atom. The van der Waals surface area contributed by atoms with Crippen molar-refractivity contribution < 1.29 is 4.74 Å². The first-order valence-electron chi connectivity index (χ1n) is 7.15. The van der Waals surface area contributed by atoms with Crippen LogP contribution in [0.25, 0.3) is 5.65 Å². The molecule has 0 spiro atoms. The minimum absolute atomic E-state index is 0.00275. The highest BCUT2D eigenvalue weighted by atomic mass is 16.5. The van der Waals surface area contributed by atoms with Gasteiger partial charge in [-0.3, -0.25) is 9.20 Å². The molecule has 0 saturated heterocycles. The molecular formula is C16H20N2O2. The van der Waals surface area contributed by atoms with Gasteiger partial charge in [-0.25, -0.2) is 0 Å². The highest BCUT2D eigenvalue weighted by Crippen LogP contribution is 2.37. The molecule has 0 amide bonds. The number of rotatable bonds is 2. The minimum atomic E-state index is -0.323. The monoisotopic (exact) mass is 272 g/mol. The predicted molar refractivity (Wildman–Crippen MR) is 78.4 cm³/mol. The number of aryl methyl sites for hydroxylation is 1. The van der Waals surface area contributed by atoms with Gasteiger partial charge in [0.25, 0.3) is 5.56 Å². The Hall–Kier alpha value is -1.84. The molecule has 4 heteroatoms. The number of fused-ring (bicyclic) bond motifs is 2. The molecule has 0 radical (unpaired) electrons. The van der Waals surface area contributed by atoms with Crippen LogP contribution in [0.5, 0.6) is 5.88 Å². The molecular weight excluding hydrogens is 252 g/mol. The second-order valence-corrected chi connectivity index (χ2v) is 6.03. The molecule has 0 bridgehead atoms. The molecule has 2 atom stereocenters. The maximum absolute atomic E-state index is 12.6. The smallest absolute Gasteiger partial charge is 0.265 e. The predicted octanol–water partition coefficient (Wildman–Crippen LogP) is 2.74. The molecule has 0 unspecified atom stereocenters. The Labute approximate surface area is 118 Å². The van der Waals surface area contributed by atoms with Crippen molar-refractivity contribution in [2.75, 3.05) is 0 Å². The Kier molecular flexibility index (Phi) is 2.85. The third kappa shape index (κ3) is 1.82. The van der Waals surface area contributed by atoms with Gasteiger partial charge in [-0.15, -0.1) is 0 Å². The fourth-order valence-corrected chi connectivity index (χ4v) is 2.81. The van der Waals surface area contributed by atoms with Crippen LogP contribution in [0.2, 0.25) is 0 Å². The normalized spacial score (nSPS) is 22.6. The summed E-state index contributed by atoms with van der Waals surface area (Å²) in [5, 5.41) is 0. The van der Waals surface area contributed by atoms with Crippen LogP contribution in [0.3, 0.4) is 0 Å². The van der Waals surface area contributed by atoms with Gasteiger partial charge in [0.05, 0.1) is 5.56 Å². The summed E-state index contributed by atoms with van der Waals surface area (Å²) >= 11 is 0. The lowest BCUT2D eigenvalue weighted by Gasteiger charge is -2.29. The molecule has 20 heavy (non-hydrogen) atoms. The molecule has 0 N–H and O–H groups in total. The first-order valence-corrected chi connectivity index (χ1v) is 7.15. The van der Waals surface area contributed by atoms with E-state index >= 15 is 0 Å². The third-order valence-electron chi connectivity index (χ3n) is 4.55. The Morgan fingerprint density at radius 2 is 2.30 bits per heavy atom. The van der Waals surface area contributed by atoms with E-state index in [4.69, 9.17) is 4.74 Å². The van der Waals surface area contributed by atoms with Crippen LogP contribution in [0, 0.1) is 12.8 Å². The summed E-state index contributed by atoms with van der Waals surface area (Å²) in [5.74, 6) is 0.898. The standard InChI is InChI=1S/C16H20N2O2/c1-5-11(3)16(4)9-12-14(20-16)17-13-8-10(2)6-7-18(13)15(12)19/h6-8,11H,5,9H2,1-4H3/t11-,16-/m0/s1. The van der Waals surface area contributed by atoms with Crippen molar-refractivity contribution in [3.63, 3.8) is 0 Å². The zero-order valence-electron chi connectivity index (χ0n) is 12.4. The van der Waals surface area contributed by atoms with Crippen LogP contribution in [0.15, 0.2) is 23.1 Å². The molecule has 4 nitrogen and oxygen atoms in total. The number of hydrogen-bond donors (Lipinski definition) is 0. The van der Waals surface area contributed by atoms with Gasteiger partial charge in [0.15, 0.2) is 0 Å². The van der Waals surface area contributed by atoms with E-state index in [-0.39, 0.29) is 11.2 Å². The van der Waals surface area contributed by atoms with Crippen molar-refractivity contribution in [1.82, 2.24) is 9.38 Å². The summed E-state index contributed by atoms with van der Waals surface area (Å²) in [7, 11) is 0. The van der Waals surface area contributed by atoms with Crippen LogP contribution in [0.1, 0.15) is 38.3 Å². The lowest BCUT2D eigenvalue weighted by atomic mass is 9.85. The molecule has 1 aliphatic heterocycles. The fourth-order valence-electron chi connectivity index (χ4n) is 2.81. The van der Waals surface area contributed by atoms with Crippen LogP contribution < -0.4 is 10.3 Å². The van der Waals surface area contributed by atoms with Gasteiger partial charge >= 0.3 is 0 Å². The van der Waals surface area contributed by atoms with E-state index in [9.17, 15) is 4.79 Å². The summed E-state index contributed by atoms with van der Waals surface area (Å²) < 4.78 is 7.66. The zero-order valence-corrected chi connectivity index (χ0v) is 12.4. The van der Waals surface area contributed by atoms with Crippen molar-refractivity contribution in [3.8, 4) is 5.88 Å². The summed E-state index contributed by atoms with van der Waals surface area (Å²) in [6.07, 6.45) is 3.45. The van der Waals surface area contributed by atoms with Crippen LogP contribution in [0.4, 0.5) is 0 Å². The average molecular weight is 272 g/mol. The topological polar surface area (TPSA) is 43.6 Å². The summed E-state index contributed by atoms with van der Waals surface area (Å²) in [4.78, 5) is 17.1. The van der Waals surface area contributed by atoms with E-state index in [0.29, 0.717) is 29.4 Å². The molecule has 2 aromatic rings. The van der Waals surface area contributed by atoms with Gasteiger partial charge in [-0.1, -0.05) is 13.8 Å². The van der Waals surface area contributed by atoms with E-state index < -0.39 is 0 Å². The molecule has 2 aromatic heterocycles. The van der Waals surface area contributed by atoms with Crippen LogP contribution in [-0.4, -0.2) is 15.0 Å². The van der Waals surface area contributed by atoms with Gasteiger partial charge in [0, 0.05) is 12.6 Å². The minimum Gasteiger partial charge on any atom is -0.470 e. The SMILES string of the molecule is CC[C@H](C)[C@]1(C)Cc2c(nc3cc(C)ccn3c2=O)O1. The maximum Gasteiger partial charge on any atom is 0.265 e. The van der Waals surface area contributed by atoms with Crippen molar-refractivity contribution >= 4 is 5.65 Å². The maximum atomic E-state index is 12.6. The Morgan fingerprint density at radius 1 is 1.55 bits per heavy atom. The first kappa shape index (κ1) is 13.2. The molecule has 0 aromatic carbocycles. The van der Waals surface area contributed by atoms with Gasteiger partial charge in [-0.05, 0) is 43.9 Å². The van der Waals surface area contributed by atoms with E-state index in [2.05, 4.69) is 25.8 Å². The molecule has 106 valence electrons. The molecule has 1 aliphatic rings. The lowest BCUT2D eigenvalue weighted by Crippen LogP contribution is -2.38. The fraction of sp³-hybridized carbons (Fsp3) is 0.500. The molecule has 3 rings (SSSR count). The number of hydrogen-bond acceptors (Lipinski definition) is 3. The van der Waals surface area contributed by atoms with Crippen molar-refractivity contribution in [2.24, 2.45) is 5.92 Å². The van der Waals surface area contributed by atoms with E-state index in [1.165, 1.54) is 0 Å². The molecule has 0 saturated carbocycles. The second-order valence-electron chi connectivity index (χ2n) is 6.03.